The number of aliphatic imine (C=N–C) groups is 2. The fourth-order valence-electron chi connectivity index (χ4n) is 0.805. The molecule has 3 N–H and O–H groups in total. The first-order valence-electron chi connectivity index (χ1n) is 3.41. The summed E-state index contributed by atoms with van der Waals surface area (Å²) in [6, 6.07) is -0.442. The van der Waals surface area contributed by atoms with Crippen LogP contribution >= 0.6 is 0 Å². The van der Waals surface area contributed by atoms with Crippen molar-refractivity contribution in [2.45, 2.75) is 6.23 Å². The fraction of sp³-hybridized carbons (Fsp3) is 0.667. The van der Waals surface area contributed by atoms with Gasteiger partial charge in [0.25, 0.3) is 0 Å². The molecule has 2 unspecified atom stereocenters. The monoisotopic (exact) mass is 174 g/mol. The SMILES string of the molecule is OCOCC1C=NC(O)=NC1O. The smallest absolute Gasteiger partial charge is 0.311 e. The molecule has 0 aromatic carbocycles. The van der Waals surface area contributed by atoms with Gasteiger partial charge in [-0.2, -0.15) is 0 Å². The fourth-order valence-corrected chi connectivity index (χ4v) is 0.805. The zero-order valence-corrected chi connectivity index (χ0v) is 6.29. The summed E-state index contributed by atoms with van der Waals surface area (Å²) < 4.78 is 4.63. The van der Waals surface area contributed by atoms with Gasteiger partial charge in [0, 0.05) is 6.21 Å². The third kappa shape index (κ3) is 2.26. The highest BCUT2D eigenvalue weighted by atomic mass is 16.6. The average Bonchev–Trinajstić information content (AvgIpc) is 2.03. The quantitative estimate of drug-likeness (QED) is 0.472. The third-order valence-corrected chi connectivity index (χ3v) is 1.41. The van der Waals surface area contributed by atoms with Gasteiger partial charge in [0.05, 0.1) is 12.5 Å². The van der Waals surface area contributed by atoms with Crippen LogP contribution in [0.15, 0.2) is 9.98 Å². The second kappa shape index (κ2) is 4.15. The minimum absolute atomic E-state index is 0.123. The summed E-state index contributed by atoms with van der Waals surface area (Å²) in [6.07, 6.45) is 0.289. The van der Waals surface area contributed by atoms with E-state index in [1.165, 1.54) is 6.21 Å². The van der Waals surface area contributed by atoms with Crippen LogP contribution in [0.25, 0.3) is 0 Å². The average molecular weight is 174 g/mol. The molecule has 68 valence electrons. The molecule has 0 spiro atoms. The van der Waals surface area contributed by atoms with E-state index in [9.17, 15) is 0 Å². The maximum atomic E-state index is 9.17. The maximum Gasteiger partial charge on any atom is 0.311 e. The Hall–Kier alpha value is -0.980. The number of rotatable bonds is 3. The van der Waals surface area contributed by atoms with Crippen LogP contribution in [0, 0.1) is 5.92 Å². The molecular weight excluding hydrogens is 164 g/mol. The molecule has 0 aromatic heterocycles. The molecule has 0 amide bonds. The highest BCUT2D eigenvalue weighted by molar-refractivity contribution is 5.84. The van der Waals surface area contributed by atoms with Crippen molar-refractivity contribution in [1.82, 2.24) is 0 Å². The van der Waals surface area contributed by atoms with Crippen molar-refractivity contribution < 1.29 is 20.1 Å². The summed E-state index contributed by atoms with van der Waals surface area (Å²) in [7, 11) is 0. The normalized spacial score (nSPS) is 28.7. The molecule has 2 atom stereocenters. The van der Waals surface area contributed by atoms with E-state index >= 15 is 0 Å². The molecule has 0 saturated heterocycles. The van der Waals surface area contributed by atoms with Gasteiger partial charge >= 0.3 is 6.02 Å². The van der Waals surface area contributed by atoms with E-state index in [0.717, 1.165) is 0 Å². The zero-order chi connectivity index (χ0) is 8.97. The first kappa shape index (κ1) is 9.11. The van der Waals surface area contributed by atoms with Crippen molar-refractivity contribution in [3.8, 4) is 0 Å². The summed E-state index contributed by atoms with van der Waals surface area (Å²) in [5, 5.41) is 26.2. The molecule has 1 rings (SSSR count). The van der Waals surface area contributed by atoms with Gasteiger partial charge in [-0.25, -0.2) is 9.98 Å². The number of nitrogens with zero attached hydrogens (tertiary/aromatic N) is 2. The van der Waals surface area contributed by atoms with Gasteiger partial charge in [0.15, 0.2) is 6.23 Å². The molecule has 12 heavy (non-hydrogen) atoms. The lowest BCUT2D eigenvalue weighted by Gasteiger charge is -2.17. The van der Waals surface area contributed by atoms with Crippen LogP contribution in [0.1, 0.15) is 0 Å². The molecule has 6 heteroatoms. The van der Waals surface area contributed by atoms with Crippen LogP contribution in [-0.4, -0.2) is 47.2 Å². The highest BCUT2D eigenvalue weighted by Gasteiger charge is 2.20. The van der Waals surface area contributed by atoms with Crippen LogP contribution in [-0.2, 0) is 4.74 Å². The Labute approximate surface area is 68.8 Å². The molecule has 0 aliphatic carbocycles. The standard InChI is InChI=1S/C6H10N2O4/c9-3-12-2-4-1-7-6(11)8-5(4)10/h1,4-5,9-10H,2-3H2,(H,8,11). The molecule has 0 saturated carbocycles. The summed E-state index contributed by atoms with van der Waals surface area (Å²) >= 11 is 0. The Balaban J connectivity index is 2.43. The Morgan fingerprint density at radius 2 is 2.33 bits per heavy atom. The zero-order valence-electron chi connectivity index (χ0n) is 6.29. The van der Waals surface area contributed by atoms with Crippen LogP contribution in [0.5, 0.6) is 0 Å². The van der Waals surface area contributed by atoms with E-state index < -0.39 is 25.0 Å². The lowest BCUT2D eigenvalue weighted by atomic mass is 10.1. The Morgan fingerprint density at radius 3 is 2.92 bits per heavy atom. The summed E-state index contributed by atoms with van der Waals surface area (Å²) in [4.78, 5) is 6.86. The van der Waals surface area contributed by atoms with Crippen molar-refractivity contribution in [1.29, 1.82) is 0 Å². The number of aliphatic hydroxyl groups is 3. The van der Waals surface area contributed by atoms with Crippen molar-refractivity contribution >= 4 is 12.2 Å². The van der Waals surface area contributed by atoms with Gasteiger partial charge in [-0.15, -0.1) is 0 Å². The van der Waals surface area contributed by atoms with E-state index in [-0.39, 0.29) is 6.61 Å². The third-order valence-electron chi connectivity index (χ3n) is 1.41. The summed E-state index contributed by atoms with van der Waals surface area (Å²) in [5.41, 5.74) is 0. The second-order valence-corrected chi connectivity index (χ2v) is 2.28. The predicted octanol–water partition coefficient (Wildman–Crippen LogP) is -1.11. The van der Waals surface area contributed by atoms with E-state index in [1.807, 2.05) is 0 Å². The van der Waals surface area contributed by atoms with E-state index in [1.54, 1.807) is 0 Å². The lowest BCUT2D eigenvalue weighted by molar-refractivity contribution is -0.0254. The van der Waals surface area contributed by atoms with Crippen LogP contribution in [0.4, 0.5) is 0 Å². The number of amidine groups is 1. The molecular formula is C6H10N2O4. The molecule has 0 radical (unpaired) electrons. The molecule has 1 aliphatic heterocycles. The number of ether oxygens (including phenoxy) is 1. The number of hydrogen-bond acceptors (Lipinski definition) is 5. The van der Waals surface area contributed by atoms with Gasteiger partial charge in [0.1, 0.15) is 6.79 Å². The van der Waals surface area contributed by atoms with Crippen molar-refractivity contribution in [3.63, 3.8) is 0 Å². The summed E-state index contributed by atoms with van der Waals surface area (Å²) in [5.74, 6) is -0.409. The highest BCUT2D eigenvalue weighted by Crippen LogP contribution is 2.08. The van der Waals surface area contributed by atoms with E-state index in [2.05, 4.69) is 14.7 Å². The first-order chi connectivity index (χ1) is 5.74. The minimum atomic E-state index is -1.05. The number of hydrogen-bond donors (Lipinski definition) is 3. The maximum absolute atomic E-state index is 9.17. The molecule has 0 aromatic rings. The Morgan fingerprint density at radius 1 is 1.58 bits per heavy atom. The minimum Gasteiger partial charge on any atom is -0.479 e. The largest absolute Gasteiger partial charge is 0.479 e. The Kier molecular flexibility index (Phi) is 3.15. The van der Waals surface area contributed by atoms with Gasteiger partial charge in [0.2, 0.25) is 0 Å². The van der Waals surface area contributed by atoms with Gasteiger partial charge in [-0.3, -0.25) is 0 Å². The topological polar surface area (TPSA) is 94.6 Å². The van der Waals surface area contributed by atoms with Crippen LogP contribution in [0.3, 0.4) is 0 Å². The second-order valence-electron chi connectivity index (χ2n) is 2.28. The van der Waals surface area contributed by atoms with E-state index in [4.69, 9.17) is 15.3 Å². The molecule has 1 aliphatic rings. The molecule has 0 fully saturated rings. The van der Waals surface area contributed by atoms with Gasteiger partial charge in [-0.05, 0) is 0 Å². The van der Waals surface area contributed by atoms with Crippen molar-refractivity contribution in [3.05, 3.63) is 0 Å². The van der Waals surface area contributed by atoms with Gasteiger partial charge in [-0.1, -0.05) is 0 Å². The number of aliphatic hydroxyl groups excluding tert-OH is 3. The van der Waals surface area contributed by atoms with Gasteiger partial charge < -0.3 is 20.1 Å². The van der Waals surface area contributed by atoms with E-state index in [0.29, 0.717) is 0 Å². The molecule has 1 heterocycles. The Bertz CT molecular complexity index is 204. The first-order valence-corrected chi connectivity index (χ1v) is 3.41. The lowest BCUT2D eigenvalue weighted by Crippen LogP contribution is -2.29. The van der Waals surface area contributed by atoms with Crippen LogP contribution < -0.4 is 0 Å². The molecule has 6 nitrogen and oxygen atoms in total. The van der Waals surface area contributed by atoms with Crippen LogP contribution in [0.2, 0.25) is 0 Å². The summed E-state index contributed by atoms with van der Waals surface area (Å²) in [6.45, 7) is -0.287. The van der Waals surface area contributed by atoms with Crippen molar-refractivity contribution in [2.24, 2.45) is 15.9 Å². The predicted molar refractivity (Wildman–Crippen MR) is 41.1 cm³/mol. The molecule has 0 bridgehead atoms. The van der Waals surface area contributed by atoms with Crippen molar-refractivity contribution in [2.75, 3.05) is 13.4 Å².